The van der Waals surface area contributed by atoms with Gasteiger partial charge in [-0.3, -0.25) is 14.5 Å². The molecule has 1 fully saturated rings. The van der Waals surface area contributed by atoms with Gasteiger partial charge in [0.1, 0.15) is 5.70 Å². The normalized spacial score (nSPS) is 23.1. The molecule has 2 aromatic rings. The molecule has 0 spiro atoms. The topological polar surface area (TPSA) is 40.6 Å². The molecule has 0 saturated carbocycles. The molecule has 1 saturated heterocycles. The lowest BCUT2D eigenvalue weighted by Gasteiger charge is -2.37. The van der Waals surface area contributed by atoms with Gasteiger partial charge in [0, 0.05) is 23.0 Å². The van der Waals surface area contributed by atoms with E-state index in [1.165, 1.54) is 16.2 Å². The highest BCUT2D eigenvalue weighted by atomic mass is 35.5. The van der Waals surface area contributed by atoms with E-state index in [1.807, 2.05) is 29.6 Å². The minimum Gasteiger partial charge on any atom is -0.366 e. The summed E-state index contributed by atoms with van der Waals surface area (Å²) >= 11 is 7.47. The molecule has 146 valence electrons. The van der Waals surface area contributed by atoms with Crippen molar-refractivity contribution in [1.29, 1.82) is 0 Å². The van der Waals surface area contributed by atoms with E-state index in [4.69, 9.17) is 11.6 Å². The molecular weight excluding hydrogens is 392 g/mol. The fourth-order valence-corrected chi connectivity index (χ4v) is 5.15. The molecule has 1 aromatic carbocycles. The van der Waals surface area contributed by atoms with Crippen molar-refractivity contribution in [2.45, 2.75) is 26.8 Å². The maximum Gasteiger partial charge on any atom is 0.278 e. The predicted octanol–water partition coefficient (Wildman–Crippen LogP) is 4.66. The molecule has 4 rings (SSSR count). The van der Waals surface area contributed by atoms with Gasteiger partial charge in [0.05, 0.1) is 12.1 Å². The third kappa shape index (κ3) is 3.61. The number of piperidine rings is 1. The van der Waals surface area contributed by atoms with Crippen molar-refractivity contribution in [3.63, 3.8) is 0 Å². The van der Waals surface area contributed by atoms with Crippen LogP contribution in [0.2, 0.25) is 5.02 Å². The Morgan fingerprint density at radius 3 is 2.32 bits per heavy atom. The first kappa shape index (κ1) is 19.2. The van der Waals surface area contributed by atoms with E-state index >= 15 is 0 Å². The van der Waals surface area contributed by atoms with Gasteiger partial charge in [-0.25, -0.2) is 0 Å². The van der Waals surface area contributed by atoms with Crippen LogP contribution in [0, 0.1) is 11.8 Å². The Kier molecular flexibility index (Phi) is 5.30. The molecule has 0 aliphatic carbocycles. The van der Waals surface area contributed by atoms with Crippen molar-refractivity contribution in [1.82, 2.24) is 9.80 Å². The van der Waals surface area contributed by atoms with E-state index < -0.39 is 0 Å². The van der Waals surface area contributed by atoms with Crippen molar-refractivity contribution >= 4 is 40.3 Å². The Bertz CT molecular complexity index is 911. The molecule has 2 unspecified atom stereocenters. The Morgan fingerprint density at radius 1 is 1.04 bits per heavy atom. The van der Waals surface area contributed by atoms with Crippen LogP contribution in [0.4, 0.5) is 0 Å². The monoisotopic (exact) mass is 414 g/mol. The van der Waals surface area contributed by atoms with E-state index in [1.54, 1.807) is 12.1 Å². The molecule has 2 aliphatic rings. The average molecular weight is 415 g/mol. The van der Waals surface area contributed by atoms with Crippen LogP contribution >= 0.6 is 22.9 Å². The zero-order valence-electron chi connectivity index (χ0n) is 16.0. The zero-order valence-corrected chi connectivity index (χ0v) is 17.6. The van der Waals surface area contributed by atoms with Gasteiger partial charge in [-0.1, -0.05) is 43.6 Å². The first-order valence-electron chi connectivity index (χ1n) is 9.57. The molecular formula is C22H23ClN2O2S. The van der Waals surface area contributed by atoms with Crippen molar-refractivity contribution in [2.75, 3.05) is 13.1 Å². The van der Waals surface area contributed by atoms with Gasteiger partial charge >= 0.3 is 0 Å². The molecule has 28 heavy (non-hydrogen) atoms. The fraction of sp³-hybridized carbons (Fsp3) is 0.364. The number of hydrogen-bond acceptors (Lipinski definition) is 4. The number of amides is 2. The number of nitrogens with zero attached hydrogens (tertiary/aromatic N) is 2. The highest BCUT2D eigenvalue weighted by Crippen LogP contribution is 2.37. The standard InChI is InChI=1S/C22H23ClN2O2S/c1-14-10-15(2)12-24(11-14)20-19(18-4-3-9-28-18)21(26)25(22(20)27)13-16-5-7-17(23)8-6-16/h3-9,14-15H,10-13H2,1-2H3. The molecule has 2 atom stereocenters. The van der Waals surface area contributed by atoms with Crippen LogP contribution in [-0.2, 0) is 16.1 Å². The van der Waals surface area contributed by atoms with Crippen LogP contribution in [0.5, 0.6) is 0 Å². The molecule has 0 bridgehead atoms. The first-order chi connectivity index (χ1) is 13.4. The summed E-state index contributed by atoms with van der Waals surface area (Å²) in [7, 11) is 0. The van der Waals surface area contributed by atoms with Gasteiger partial charge < -0.3 is 4.90 Å². The van der Waals surface area contributed by atoms with Crippen LogP contribution in [0.15, 0.2) is 47.5 Å². The summed E-state index contributed by atoms with van der Waals surface area (Å²) in [5, 5.41) is 2.58. The quantitative estimate of drug-likeness (QED) is 0.683. The number of hydrogen-bond donors (Lipinski definition) is 0. The van der Waals surface area contributed by atoms with Crippen LogP contribution in [0.3, 0.4) is 0 Å². The summed E-state index contributed by atoms with van der Waals surface area (Å²) in [6.07, 6.45) is 1.15. The number of thiophene rings is 1. The largest absolute Gasteiger partial charge is 0.366 e. The molecule has 2 aliphatic heterocycles. The average Bonchev–Trinajstić information content (AvgIpc) is 3.25. The van der Waals surface area contributed by atoms with Crippen LogP contribution in [0.25, 0.3) is 5.57 Å². The number of benzene rings is 1. The Hall–Kier alpha value is -2.11. The van der Waals surface area contributed by atoms with Gasteiger partial charge in [-0.05, 0) is 47.4 Å². The second kappa shape index (κ2) is 7.72. The number of halogens is 1. The van der Waals surface area contributed by atoms with E-state index in [0.29, 0.717) is 28.1 Å². The Labute approximate surface area is 174 Å². The maximum atomic E-state index is 13.4. The summed E-state index contributed by atoms with van der Waals surface area (Å²) in [6.45, 7) is 6.29. The van der Waals surface area contributed by atoms with Gasteiger partial charge in [-0.2, -0.15) is 0 Å². The Morgan fingerprint density at radius 2 is 1.71 bits per heavy atom. The summed E-state index contributed by atoms with van der Waals surface area (Å²) in [5.74, 6) is 0.594. The van der Waals surface area contributed by atoms with Crippen LogP contribution < -0.4 is 0 Å². The van der Waals surface area contributed by atoms with E-state index in [2.05, 4.69) is 18.7 Å². The molecule has 0 radical (unpaired) electrons. The lowest BCUT2D eigenvalue weighted by molar-refractivity contribution is -0.138. The summed E-state index contributed by atoms with van der Waals surface area (Å²) in [5.41, 5.74) is 2.01. The van der Waals surface area contributed by atoms with E-state index in [9.17, 15) is 9.59 Å². The molecule has 2 amide bonds. The van der Waals surface area contributed by atoms with E-state index in [-0.39, 0.29) is 18.4 Å². The van der Waals surface area contributed by atoms with E-state index in [0.717, 1.165) is 30.0 Å². The van der Waals surface area contributed by atoms with Crippen molar-refractivity contribution < 1.29 is 9.59 Å². The molecule has 4 nitrogen and oxygen atoms in total. The number of imide groups is 1. The third-order valence-corrected chi connectivity index (χ3v) is 6.49. The maximum absolute atomic E-state index is 13.4. The SMILES string of the molecule is CC1CC(C)CN(C2=C(c3cccs3)C(=O)N(Cc3ccc(Cl)cc3)C2=O)C1. The van der Waals surface area contributed by atoms with Gasteiger partial charge in [0.2, 0.25) is 0 Å². The second-order valence-electron chi connectivity index (χ2n) is 7.87. The first-order valence-corrected chi connectivity index (χ1v) is 10.8. The highest BCUT2D eigenvalue weighted by Gasteiger charge is 2.43. The second-order valence-corrected chi connectivity index (χ2v) is 9.26. The Balaban J connectivity index is 1.70. The zero-order chi connectivity index (χ0) is 19.8. The molecule has 6 heteroatoms. The molecule has 0 N–H and O–H groups in total. The van der Waals surface area contributed by atoms with Crippen molar-refractivity contribution in [3.05, 3.63) is 62.9 Å². The van der Waals surface area contributed by atoms with Gasteiger partial charge in [0.25, 0.3) is 11.8 Å². The minimum atomic E-state index is -0.205. The third-order valence-electron chi connectivity index (χ3n) is 5.35. The number of carbonyl (C=O) groups excluding carboxylic acids is 2. The summed E-state index contributed by atoms with van der Waals surface area (Å²) in [6, 6.07) is 11.1. The number of rotatable bonds is 4. The molecule has 1 aromatic heterocycles. The van der Waals surface area contributed by atoms with Crippen LogP contribution in [0.1, 0.15) is 30.7 Å². The van der Waals surface area contributed by atoms with Gasteiger partial charge in [-0.15, -0.1) is 11.3 Å². The van der Waals surface area contributed by atoms with Crippen molar-refractivity contribution in [2.24, 2.45) is 11.8 Å². The lowest BCUT2D eigenvalue weighted by Crippen LogP contribution is -2.41. The highest BCUT2D eigenvalue weighted by molar-refractivity contribution is 7.11. The smallest absolute Gasteiger partial charge is 0.278 e. The predicted molar refractivity (Wildman–Crippen MR) is 113 cm³/mol. The number of carbonyl (C=O) groups is 2. The molecule has 3 heterocycles. The lowest BCUT2D eigenvalue weighted by atomic mass is 9.91. The van der Waals surface area contributed by atoms with Crippen molar-refractivity contribution in [3.8, 4) is 0 Å². The summed E-state index contributed by atoms with van der Waals surface area (Å²) < 4.78 is 0. The van der Waals surface area contributed by atoms with Gasteiger partial charge in [0.15, 0.2) is 0 Å². The minimum absolute atomic E-state index is 0.190. The van der Waals surface area contributed by atoms with Crippen LogP contribution in [-0.4, -0.2) is 34.7 Å². The summed E-state index contributed by atoms with van der Waals surface area (Å²) in [4.78, 5) is 31.1. The fourth-order valence-electron chi connectivity index (χ4n) is 4.26. The number of likely N-dealkylation sites (tertiary alicyclic amines) is 1.